The Hall–Kier alpha value is -5.95. The lowest BCUT2D eigenvalue weighted by molar-refractivity contribution is -0.128. The number of nitrogens with two attached hydrogens (primary N) is 2. The molecule has 16 N–H and O–H groups in total. The molecule has 29 heteroatoms. The molecule has 490 valence electrons. The van der Waals surface area contributed by atoms with Gasteiger partial charge in [0.05, 0.1) is 86.3 Å². The summed E-state index contributed by atoms with van der Waals surface area (Å²) in [5, 5.41) is 54.4. The first-order valence-electron chi connectivity index (χ1n) is 29.7. The van der Waals surface area contributed by atoms with E-state index < -0.39 is 41.0 Å². The Labute approximate surface area is 502 Å². The van der Waals surface area contributed by atoms with Gasteiger partial charge in [0.25, 0.3) is 0 Å². The highest BCUT2D eigenvalue weighted by atomic mass is 16.5. The van der Waals surface area contributed by atoms with Gasteiger partial charge in [-0.25, -0.2) is 0 Å². The van der Waals surface area contributed by atoms with Gasteiger partial charge in [0, 0.05) is 71.4 Å². The molecule has 0 bridgehead atoms. The van der Waals surface area contributed by atoms with E-state index in [0.717, 1.165) is 6.42 Å². The first-order chi connectivity index (χ1) is 40.4. The zero-order valence-corrected chi connectivity index (χ0v) is 52.0. The minimum atomic E-state index is -0.768. The van der Waals surface area contributed by atoms with Crippen LogP contribution in [-0.2, 0) is 62.1 Å². The number of nitrogens with one attached hydrogen (secondary N) is 10. The van der Waals surface area contributed by atoms with Gasteiger partial charge >= 0.3 is 0 Å². The average molecular weight is 1220 g/mol. The number of oxime groups is 2. The van der Waals surface area contributed by atoms with Gasteiger partial charge in [-0.1, -0.05) is 23.2 Å². The fourth-order valence-electron chi connectivity index (χ4n) is 7.97. The van der Waals surface area contributed by atoms with Gasteiger partial charge in [-0.15, -0.1) is 0 Å². The lowest BCUT2D eigenvalue weighted by Crippen LogP contribution is -2.57. The summed E-state index contributed by atoms with van der Waals surface area (Å²) in [6.07, 6.45) is 6.88. The monoisotopic (exact) mass is 1210 g/mol. The van der Waals surface area contributed by atoms with Gasteiger partial charge in [-0.05, 0) is 120 Å². The SMILES string of the molecule is CN[C@@H](CCCCCC(=O)[C@H](CCCCNC(=O)CCCC(=O)NC(CNC(C)(C)/C(C)=N/O)CNC(C)(C)/C(C)=N/O)NC(=O)CCCC(=O)NCCOCCOCC(=O)NCCOCCOCC(=O)NCCCC[C@H](NC)C(N)=O)C(N)=O. The highest BCUT2D eigenvalue weighted by Crippen LogP contribution is 2.13. The van der Waals surface area contributed by atoms with Crippen molar-refractivity contribution in [2.45, 2.75) is 186 Å². The van der Waals surface area contributed by atoms with Crippen LogP contribution in [0, 0.1) is 0 Å². The standard InChI is InChI=1S/C56H106N14O15/c1-40(69-80)55(3,4)65-36-42(37-66-56(5,6)41(2)70-81)67-49(74)24-16-22-47(72)61-26-14-12-18-43(46(71)21-11-9-10-19-44(59-7)53(57)78)68-50(75)25-17-23-48(73)63-28-30-82-32-35-85-39-52(77)64-29-31-83-33-34-84-38-51(76)62-27-15-13-20-45(60-8)54(58)79/h42-45,59-60,65-66,80-81H,9-39H2,1-8H3,(H2,57,78)(H2,58,79)(H,61,72)(H,62,76)(H,63,73)(H,64,77)(H,67,74)(H,68,75)/b69-40+,70-41+/t43-,44-,45-/m0/s1. The Kier molecular flexibility index (Phi) is 44.8. The first kappa shape index (κ1) is 79.0. The third kappa shape index (κ3) is 41.7. The number of amides is 8. The molecule has 3 atom stereocenters. The molecule has 85 heavy (non-hydrogen) atoms. The van der Waals surface area contributed by atoms with E-state index in [1.165, 1.54) is 0 Å². The van der Waals surface area contributed by atoms with Crippen LogP contribution in [0.1, 0.15) is 151 Å². The molecule has 0 heterocycles. The number of primary amides is 2. The molecule has 0 aliphatic rings. The van der Waals surface area contributed by atoms with E-state index in [1.807, 2.05) is 27.7 Å². The maximum atomic E-state index is 13.4. The molecule has 0 aromatic heterocycles. The molecule has 0 aromatic rings. The van der Waals surface area contributed by atoms with Crippen molar-refractivity contribution in [3.63, 3.8) is 0 Å². The number of carbonyl (C=O) groups is 9. The number of rotatable bonds is 55. The summed E-state index contributed by atoms with van der Waals surface area (Å²) < 4.78 is 21.5. The van der Waals surface area contributed by atoms with E-state index in [1.54, 1.807) is 27.9 Å². The average Bonchev–Trinajstić information content (AvgIpc) is 3.66. The molecule has 0 aromatic carbocycles. The van der Waals surface area contributed by atoms with Crippen LogP contribution in [0.3, 0.4) is 0 Å². The summed E-state index contributed by atoms with van der Waals surface area (Å²) >= 11 is 0. The number of carbonyl (C=O) groups excluding carboxylic acids is 9. The van der Waals surface area contributed by atoms with Gasteiger partial charge in [-0.3, -0.25) is 43.2 Å². The summed E-state index contributed by atoms with van der Waals surface area (Å²) in [5.74, 6) is -2.73. The zero-order valence-electron chi connectivity index (χ0n) is 52.0. The summed E-state index contributed by atoms with van der Waals surface area (Å²) in [5.41, 5.74) is 10.3. The number of hydrogen-bond donors (Lipinski definition) is 14. The number of ether oxygens (including phenoxy) is 4. The van der Waals surface area contributed by atoms with Crippen LogP contribution in [-0.4, -0.2) is 216 Å². The number of ketones is 1. The van der Waals surface area contributed by atoms with Crippen molar-refractivity contribution in [2.75, 3.05) is 106 Å². The van der Waals surface area contributed by atoms with E-state index in [4.69, 9.17) is 30.4 Å². The van der Waals surface area contributed by atoms with Crippen molar-refractivity contribution in [3.05, 3.63) is 0 Å². The lowest BCUT2D eigenvalue weighted by Gasteiger charge is -2.32. The normalized spacial score (nSPS) is 13.1. The van der Waals surface area contributed by atoms with Crippen molar-refractivity contribution in [1.29, 1.82) is 0 Å². The van der Waals surface area contributed by atoms with E-state index in [9.17, 15) is 53.6 Å². The molecule has 0 aliphatic carbocycles. The molecule has 0 fully saturated rings. The molecule has 0 saturated carbocycles. The van der Waals surface area contributed by atoms with Gasteiger partial charge in [0.1, 0.15) is 13.2 Å². The zero-order chi connectivity index (χ0) is 63.9. The second kappa shape index (κ2) is 48.2. The predicted molar refractivity (Wildman–Crippen MR) is 321 cm³/mol. The highest BCUT2D eigenvalue weighted by molar-refractivity contribution is 5.91. The third-order valence-electron chi connectivity index (χ3n) is 14.0. The predicted octanol–water partition coefficient (Wildman–Crippen LogP) is -0.729. The van der Waals surface area contributed by atoms with Crippen molar-refractivity contribution in [3.8, 4) is 0 Å². The van der Waals surface area contributed by atoms with Crippen LogP contribution in [0.4, 0.5) is 0 Å². The maximum Gasteiger partial charge on any atom is 0.246 e. The number of hydrogen-bond acceptors (Lipinski definition) is 21. The van der Waals surface area contributed by atoms with Crippen molar-refractivity contribution < 1.29 is 72.5 Å². The van der Waals surface area contributed by atoms with Gasteiger partial charge < -0.3 is 94.0 Å². The first-order valence-corrected chi connectivity index (χ1v) is 29.7. The fourth-order valence-corrected chi connectivity index (χ4v) is 7.97. The van der Waals surface area contributed by atoms with Crippen molar-refractivity contribution >= 4 is 64.5 Å². The molecule has 0 saturated heterocycles. The minimum Gasteiger partial charge on any atom is -0.411 e. The largest absolute Gasteiger partial charge is 0.411 e. The molecule has 8 amide bonds. The van der Waals surface area contributed by atoms with Crippen molar-refractivity contribution in [1.82, 2.24) is 53.2 Å². The topological polar surface area (TPSA) is 428 Å². The Morgan fingerprint density at radius 3 is 1.25 bits per heavy atom. The van der Waals surface area contributed by atoms with Gasteiger partial charge in [0.2, 0.25) is 47.3 Å². The molecular formula is C56H106N14O15. The molecule has 0 unspecified atom stereocenters. The Balaban J connectivity index is 4.65. The van der Waals surface area contributed by atoms with Crippen LogP contribution in [0.15, 0.2) is 10.3 Å². The lowest BCUT2D eigenvalue weighted by atomic mass is 9.98. The molecule has 0 aliphatic heterocycles. The highest BCUT2D eigenvalue weighted by Gasteiger charge is 2.27. The number of likely N-dealkylation sites (N-methyl/N-ethyl adjacent to an activating group) is 2. The Bertz CT molecular complexity index is 2000. The van der Waals surface area contributed by atoms with Gasteiger partial charge in [0.15, 0.2) is 5.78 Å². The number of Topliss-reactive ketones (excluding diaryl/α,β-unsaturated/α-hetero) is 1. The van der Waals surface area contributed by atoms with Crippen LogP contribution in [0.2, 0.25) is 0 Å². The molecule has 0 rings (SSSR count). The van der Waals surface area contributed by atoms with Gasteiger partial charge in [-0.2, -0.15) is 0 Å². The molecule has 0 spiro atoms. The van der Waals surface area contributed by atoms with Crippen LogP contribution in [0.25, 0.3) is 0 Å². The van der Waals surface area contributed by atoms with Crippen LogP contribution in [0.5, 0.6) is 0 Å². The molecule has 0 radical (unpaired) electrons. The number of unbranched alkanes of at least 4 members (excludes halogenated alkanes) is 4. The quantitative estimate of drug-likeness (QED) is 0.0155. The second-order valence-corrected chi connectivity index (χ2v) is 21.7. The Morgan fingerprint density at radius 2 is 0.812 bits per heavy atom. The van der Waals surface area contributed by atoms with E-state index >= 15 is 0 Å². The van der Waals surface area contributed by atoms with E-state index in [2.05, 4.69) is 63.5 Å². The number of nitrogens with zero attached hydrogens (tertiary/aromatic N) is 2. The summed E-state index contributed by atoms with van der Waals surface area (Å²) in [7, 11) is 3.33. The van der Waals surface area contributed by atoms with Crippen LogP contribution < -0.4 is 64.6 Å². The van der Waals surface area contributed by atoms with Crippen molar-refractivity contribution in [2.24, 2.45) is 21.8 Å². The summed E-state index contributed by atoms with van der Waals surface area (Å²) in [6.45, 7) is 13.6. The Morgan fingerprint density at radius 1 is 0.435 bits per heavy atom. The summed E-state index contributed by atoms with van der Waals surface area (Å²) in [6, 6.07) is -2.03. The van der Waals surface area contributed by atoms with E-state index in [0.29, 0.717) is 102 Å². The minimum absolute atomic E-state index is 0.0157. The summed E-state index contributed by atoms with van der Waals surface area (Å²) in [4.78, 5) is 111. The molecular weight excluding hydrogens is 1110 g/mol. The maximum absolute atomic E-state index is 13.4. The third-order valence-corrected chi connectivity index (χ3v) is 14.0. The smallest absolute Gasteiger partial charge is 0.246 e. The van der Waals surface area contributed by atoms with E-state index in [-0.39, 0.29) is 152 Å². The second-order valence-electron chi connectivity index (χ2n) is 21.7. The fraction of sp³-hybridized carbons (Fsp3) is 0.804. The molecule has 29 nitrogen and oxygen atoms in total. The van der Waals surface area contributed by atoms with Crippen LogP contribution >= 0.6 is 0 Å².